The first-order valence-electron chi connectivity index (χ1n) is 8.53. The lowest BCUT2D eigenvalue weighted by Gasteiger charge is -2.40. The fourth-order valence-electron chi connectivity index (χ4n) is 4.19. The van der Waals surface area contributed by atoms with E-state index in [0.717, 1.165) is 12.5 Å². The summed E-state index contributed by atoms with van der Waals surface area (Å²) < 4.78 is 1.33. The highest BCUT2D eigenvalue weighted by molar-refractivity contribution is 14.1. The van der Waals surface area contributed by atoms with Crippen LogP contribution in [0.3, 0.4) is 0 Å². The highest BCUT2D eigenvalue weighted by atomic mass is 127. The molecule has 0 radical (unpaired) electrons. The van der Waals surface area contributed by atoms with Crippen LogP contribution in [0, 0.1) is 14.9 Å². The lowest BCUT2D eigenvalue weighted by atomic mass is 9.71. The molecule has 1 atom stereocenters. The van der Waals surface area contributed by atoms with Gasteiger partial charge >= 0.3 is 0 Å². The number of hydrogen-bond acceptors (Lipinski definition) is 1. The summed E-state index contributed by atoms with van der Waals surface area (Å²) in [5.41, 5.74) is 2.00. The maximum atomic E-state index is 3.83. The van der Waals surface area contributed by atoms with Crippen LogP contribution in [0.15, 0.2) is 24.3 Å². The van der Waals surface area contributed by atoms with Gasteiger partial charge in [0.05, 0.1) is 0 Å². The van der Waals surface area contributed by atoms with Crippen LogP contribution in [0.1, 0.15) is 58.4 Å². The van der Waals surface area contributed by atoms with E-state index in [1.165, 1.54) is 47.7 Å². The summed E-state index contributed by atoms with van der Waals surface area (Å²) in [5, 5.41) is 3.83. The number of hydrogen-bond donors (Lipinski definition) is 1. The van der Waals surface area contributed by atoms with Gasteiger partial charge in [-0.2, -0.15) is 0 Å². The summed E-state index contributed by atoms with van der Waals surface area (Å²) in [6.45, 7) is 8.09. The number of rotatable bonds is 7. The van der Waals surface area contributed by atoms with Gasteiger partial charge in [-0.25, -0.2) is 0 Å². The van der Waals surface area contributed by atoms with Crippen LogP contribution >= 0.6 is 22.6 Å². The Balaban J connectivity index is 2.17. The number of nitrogens with one attached hydrogen (secondary N) is 1. The molecule has 1 nitrogen and oxygen atoms in total. The Morgan fingerprint density at radius 2 is 1.76 bits per heavy atom. The molecular formula is C19H30IN. The van der Waals surface area contributed by atoms with Gasteiger partial charge in [0.15, 0.2) is 0 Å². The van der Waals surface area contributed by atoms with Crippen molar-refractivity contribution in [2.45, 2.75) is 65.3 Å². The standard InChI is InChI=1S/C19H30IN/c1-4-21-18(13-16-7-9-17(20)10-8-16)19(14-15(2)3)11-5-6-12-19/h7-10,15,18,21H,4-6,11-14H2,1-3H3. The molecule has 1 unspecified atom stereocenters. The fraction of sp³-hybridized carbons (Fsp3) is 0.684. The molecule has 0 aliphatic heterocycles. The van der Waals surface area contributed by atoms with E-state index in [1.807, 2.05) is 0 Å². The second-order valence-electron chi connectivity index (χ2n) is 7.11. The van der Waals surface area contributed by atoms with Gasteiger partial charge in [-0.3, -0.25) is 0 Å². The first-order valence-corrected chi connectivity index (χ1v) is 9.61. The molecule has 0 bridgehead atoms. The van der Waals surface area contributed by atoms with Crippen molar-refractivity contribution in [1.82, 2.24) is 5.32 Å². The van der Waals surface area contributed by atoms with Crippen molar-refractivity contribution in [3.8, 4) is 0 Å². The third kappa shape index (κ3) is 4.69. The van der Waals surface area contributed by atoms with Crippen LogP contribution in [0.5, 0.6) is 0 Å². The van der Waals surface area contributed by atoms with E-state index in [-0.39, 0.29) is 0 Å². The normalized spacial score (nSPS) is 19.1. The molecule has 118 valence electrons. The van der Waals surface area contributed by atoms with E-state index in [9.17, 15) is 0 Å². The number of likely N-dealkylation sites (N-methyl/N-ethyl adjacent to an activating group) is 1. The SMILES string of the molecule is CCNC(Cc1ccc(I)cc1)C1(CC(C)C)CCCC1. The minimum Gasteiger partial charge on any atom is -0.313 e. The summed E-state index contributed by atoms with van der Waals surface area (Å²) >= 11 is 2.39. The van der Waals surface area contributed by atoms with E-state index in [4.69, 9.17) is 0 Å². The highest BCUT2D eigenvalue weighted by Crippen LogP contribution is 2.46. The van der Waals surface area contributed by atoms with E-state index in [0.29, 0.717) is 11.5 Å². The molecule has 1 aromatic carbocycles. The molecule has 1 aliphatic carbocycles. The van der Waals surface area contributed by atoms with Crippen molar-refractivity contribution in [2.24, 2.45) is 11.3 Å². The number of halogens is 1. The molecule has 1 aromatic rings. The van der Waals surface area contributed by atoms with Crippen LogP contribution in [0.4, 0.5) is 0 Å². The third-order valence-corrected chi connectivity index (χ3v) is 5.68. The van der Waals surface area contributed by atoms with Gasteiger partial charge in [-0.15, -0.1) is 0 Å². The molecule has 1 saturated carbocycles. The second kappa shape index (κ2) is 7.96. The van der Waals surface area contributed by atoms with Crippen molar-refractivity contribution >= 4 is 22.6 Å². The predicted octanol–water partition coefficient (Wildman–Crippen LogP) is 5.42. The molecule has 0 saturated heterocycles. The first kappa shape index (κ1) is 17.3. The van der Waals surface area contributed by atoms with E-state index < -0.39 is 0 Å². The maximum absolute atomic E-state index is 3.83. The van der Waals surface area contributed by atoms with E-state index in [1.54, 1.807) is 0 Å². The molecule has 2 heteroatoms. The van der Waals surface area contributed by atoms with E-state index >= 15 is 0 Å². The molecule has 2 rings (SSSR count). The molecule has 0 amide bonds. The Morgan fingerprint density at radius 3 is 2.29 bits per heavy atom. The quantitative estimate of drug-likeness (QED) is 0.604. The summed E-state index contributed by atoms with van der Waals surface area (Å²) in [4.78, 5) is 0. The first-order chi connectivity index (χ1) is 10.1. The minimum atomic E-state index is 0.521. The zero-order valence-corrected chi connectivity index (χ0v) is 15.9. The molecule has 0 heterocycles. The predicted molar refractivity (Wildman–Crippen MR) is 101 cm³/mol. The van der Waals surface area contributed by atoms with Crippen LogP contribution in [-0.4, -0.2) is 12.6 Å². The highest BCUT2D eigenvalue weighted by Gasteiger charge is 2.40. The lowest BCUT2D eigenvalue weighted by molar-refractivity contribution is 0.155. The summed E-state index contributed by atoms with van der Waals surface area (Å²) in [7, 11) is 0. The zero-order valence-electron chi connectivity index (χ0n) is 13.8. The Hall–Kier alpha value is -0.0900. The summed E-state index contributed by atoms with van der Waals surface area (Å²) in [5.74, 6) is 0.793. The number of benzene rings is 1. The van der Waals surface area contributed by atoms with Gasteiger partial charge in [-0.05, 0) is 83.8 Å². The van der Waals surface area contributed by atoms with Crippen molar-refractivity contribution in [2.75, 3.05) is 6.54 Å². The Labute approximate surface area is 144 Å². The topological polar surface area (TPSA) is 12.0 Å². The van der Waals surface area contributed by atoms with Crippen LogP contribution in [0.2, 0.25) is 0 Å². The Morgan fingerprint density at radius 1 is 1.14 bits per heavy atom. The van der Waals surface area contributed by atoms with Crippen molar-refractivity contribution in [3.05, 3.63) is 33.4 Å². The average molecular weight is 399 g/mol. The van der Waals surface area contributed by atoms with Crippen LogP contribution in [-0.2, 0) is 6.42 Å². The smallest absolute Gasteiger partial charge is 0.0164 e. The van der Waals surface area contributed by atoms with Crippen molar-refractivity contribution in [3.63, 3.8) is 0 Å². The average Bonchev–Trinajstić information content (AvgIpc) is 2.89. The molecular weight excluding hydrogens is 369 g/mol. The van der Waals surface area contributed by atoms with Crippen molar-refractivity contribution < 1.29 is 0 Å². The van der Waals surface area contributed by atoms with Crippen molar-refractivity contribution in [1.29, 1.82) is 0 Å². The van der Waals surface area contributed by atoms with E-state index in [2.05, 4.69) is 72.9 Å². The van der Waals surface area contributed by atoms with Gasteiger partial charge in [0.2, 0.25) is 0 Å². The molecule has 0 aromatic heterocycles. The van der Waals surface area contributed by atoms with Gasteiger partial charge in [0.25, 0.3) is 0 Å². The fourth-order valence-corrected chi connectivity index (χ4v) is 4.55. The molecule has 21 heavy (non-hydrogen) atoms. The molecule has 1 aliphatic rings. The second-order valence-corrected chi connectivity index (χ2v) is 8.35. The van der Waals surface area contributed by atoms with Gasteiger partial charge in [0.1, 0.15) is 0 Å². The molecule has 0 spiro atoms. The summed E-state index contributed by atoms with van der Waals surface area (Å²) in [6, 6.07) is 9.73. The van der Waals surface area contributed by atoms with Gasteiger partial charge in [-0.1, -0.05) is 45.7 Å². The van der Waals surface area contributed by atoms with Crippen LogP contribution < -0.4 is 5.32 Å². The monoisotopic (exact) mass is 399 g/mol. The van der Waals surface area contributed by atoms with Crippen LogP contribution in [0.25, 0.3) is 0 Å². The largest absolute Gasteiger partial charge is 0.313 e. The van der Waals surface area contributed by atoms with Gasteiger partial charge < -0.3 is 5.32 Å². The minimum absolute atomic E-state index is 0.521. The summed E-state index contributed by atoms with van der Waals surface area (Å²) in [6.07, 6.45) is 8.20. The van der Waals surface area contributed by atoms with Gasteiger partial charge in [0, 0.05) is 9.61 Å². The third-order valence-electron chi connectivity index (χ3n) is 4.96. The lowest BCUT2D eigenvalue weighted by Crippen LogP contribution is -2.46. The Bertz CT molecular complexity index is 418. The Kier molecular flexibility index (Phi) is 6.54. The zero-order chi connectivity index (χ0) is 15.3. The maximum Gasteiger partial charge on any atom is 0.0164 e. The molecule has 1 N–H and O–H groups in total. The molecule has 1 fully saturated rings.